The standard InChI is InChI=1S/C13H14N2O4/c1-13(2,3)12(18)19-8-6-4-5-7-9(8)15-11(17)10(16)14-7/h4-6H,1-3H3,(H,14,16)(H,15,17). The van der Waals surface area contributed by atoms with Crippen LogP contribution in [0.1, 0.15) is 20.8 Å². The molecule has 100 valence electrons. The minimum absolute atomic E-state index is 0.214. The molecular weight excluding hydrogens is 248 g/mol. The molecule has 1 heterocycles. The van der Waals surface area contributed by atoms with E-state index >= 15 is 0 Å². The van der Waals surface area contributed by atoms with E-state index in [1.165, 1.54) is 0 Å². The van der Waals surface area contributed by atoms with E-state index in [9.17, 15) is 14.4 Å². The lowest BCUT2D eigenvalue weighted by Crippen LogP contribution is -2.30. The molecule has 0 spiro atoms. The molecule has 2 rings (SSSR count). The Hall–Kier alpha value is -2.37. The third-order valence-corrected chi connectivity index (χ3v) is 2.53. The van der Waals surface area contributed by atoms with Crippen molar-refractivity contribution in [2.24, 2.45) is 5.41 Å². The summed E-state index contributed by atoms with van der Waals surface area (Å²) in [6.45, 7) is 5.18. The van der Waals surface area contributed by atoms with E-state index in [1.54, 1.807) is 39.0 Å². The number of benzene rings is 1. The highest BCUT2D eigenvalue weighted by molar-refractivity contribution is 5.85. The van der Waals surface area contributed by atoms with Crippen LogP contribution in [-0.2, 0) is 4.79 Å². The normalized spacial score (nSPS) is 11.5. The molecule has 0 saturated carbocycles. The highest BCUT2D eigenvalue weighted by Gasteiger charge is 2.24. The van der Waals surface area contributed by atoms with Gasteiger partial charge in [-0.25, -0.2) is 0 Å². The Morgan fingerprint density at radius 3 is 2.37 bits per heavy atom. The lowest BCUT2D eigenvalue weighted by atomic mass is 9.97. The summed E-state index contributed by atoms with van der Waals surface area (Å²) < 4.78 is 5.26. The van der Waals surface area contributed by atoms with E-state index in [-0.39, 0.29) is 5.75 Å². The smallest absolute Gasteiger partial charge is 0.316 e. The summed E-state index contributed by atoms with van der Waals surface area (Å²) in [5.41, 5.74) is -1.49. The number of para-hydroxylation sites is 1. The number of ether oxygens (including phenoxy) is 1. The number of carbonyl (C=O) groups is 1. The molecule has 0 fully saturated rings. The molecule has 6 heteroatoms. The van der Waals surface area contributed by atoms with Crippen LogP contribution in [-0.4, -0.2) is 15.9 Å². The number of hydrogen-bond donors (Lipinski definition) is 2. The van der Waals surface area contributed by atoms with Crippen molar-refractivity contribution >= 4 is 17.0 Å². The van der Waals surface area contributed by atoms with Crippen molar-refractivity contribution in [3.8, 4) is 5.75 Å². The van der Waals surface area contributed by atoms with E-state index in [1.807, 2.05) is 0 Å². The van der Waals surface area contributed by atoms with Gasteiger partial charge in [-0.05, 0) is 32.9 Å². The van der Waals surface area contributed by atoms with Gasteiger partial charge in [-0.2, -0.15) is 0 Å². The van der Waals surface area contributed by atoms with Crippen LogP contribution in [0.15, 0.2) is 27.8 Å². The van der Waals surface area contributed by atoms with Crippen LogP contribution in [0, 0.1) is 5.41 Å². The second-order valence-corrected chi connectivity index (χ2v) is 5.23. The average molecular weight is 262 g/mol. The maximum absolute atomic E-state index is 11.8. The molecule has 0 aliphatic heterocycles. The largest absolute Gasteiger partial charge is 0.424 e. The predicted octanol–water partition coefficient (Wildman–Crippen LogP) is 1.17. The van der Waals surface area contributed by atoms with Crippen LogP contribution < -0.4 is 15.9 Å². The molecule has 2 aromatic rings. The third kappa shape index (κ3) is 2.57. The molecule has 0 aliphatic rings. The first-order valence-electron chi connectivity index (χ1n) is 5.76. The van der Waals surface area contributed by atoms with Gasteiger partial charge in [0.2, 0.25) is 0 Å². The summed E-state index contributed by atoms with van der Waals surface area (Å²) in [6, 6.07) is 4.79. The van der Waals surface area contributed by atoms with Crippen LogP contribution in [0.25, 0.3) is 11.0 Å². The number of hydrogen-bond acceptors (Lipinski definition) is 4. The van der Waals surface area contributed by atoms with Crippen molar-refractivity contribution < 1.29 is 9.53 Å². The van der Waals surface area contributed by atoms with Crippen LogP contribution in [0.2, 0.25) is 0 Å². The molecule has 1 aromatic heterocycles. The number of fused-ring (bicyclic) bond motifs is 1. The first-order chi connectivity index (χ1) is 8.79. The van der Waals surface area contributed by atoms with E-state index in [0.29, 0.717) is 11.0 Å². The van der Waals surface area contributed by atoms with Gasteiger partial charge in [0.25, 0.3) is 0 Å². The van der Waals surface area contributed by atoms with Gasteiger partial charge < -0.3 is 14.7 Å². The van der Waals surface area contributed by atoms with Crippen LogP contribution >= 0.6 is 0 Å². The maximum Gasteiger partial charge on any atom is 0.316 e. The summed E-state index contributed by atoms with van der Waals surface area (Å²) in [4.78, 5) is 39.2. The fraction of sp³-hybridized carbons (Fsp3) is 0.308. The molecule has 0 aliphatic carbocycles. The fourth-order valence-corrected chi connectivity index (χ4v) is 1.45. The zero-order valence-corrected chi connectivity index (χ0v) is 10.9. The Morgan fingerprint density at radius 2 is 1.74 bits per heavy atom. The summed E-state index contributed by atoms with van der Waals surface area (Å²) in [7, 11) is 0. The van der Waals surface area contributed by atoms with Gasteiger partial charge in [0.1, 0.15) is 5.52 Å². The second kappa shape index (κ2) is 4.38. The molecule has 0 radical (unpaired) electrons. The Morgan fingerprint density at radius 1 is 1.11 bits per heavy atom. The third-order valence-electron chi connectivity index (χ3n) is 2.53. The summed E-state index contributed by atoms with van der Waals surface area (Å²) >= 11 is 0. The average Bonchev–Trinajstić information content (AvgIpc) is 2.30. The molecule has 0 saturated heterocycles. The van der Waals surface area contributed by atoms with Gasteiger partial charge in [0.15, 0.2) is 5.75 Å². The fourth-order valence-electron chi connectivity index (χ4n) is 1.45. The van der Waals surface area contributed by atoms with Crippen molar-refractivity contribution in [2.75, 3.05) is 0 Å². The number of rotatable bonds is 1. The Labute approximate surface area is 108 Å². The lowest BCUT2D eigenvalue weighted by molar-refractivity contribution is -0.142. The van der Waals surface area contributed by atoms with Gasteiger partial charge >= 0.3 is 17.1 Å². The summed E-state index contributed by atoms with van der Waals surface area (Å²) in [5, 5.41) is 0. The number of nitrogens with one attached hydrogen (secondary N) is 2. The Bertz CT molecular complexity index is 750. The summed E-state index contributed by atoms with van der Waals surface area (Å²) in [6.07, 6.45) is 0. The minimum Gasteiger partial charge on any atom is -0.424 e. The summed E-state index contributed by atoms with van der Waals surface area (Å²) in [5.74, 6) is -0.210. The molecule has 0 unspecified atom stereocenters. The van der Waals surface area contributed by atoms with Crippen molar-refractivity contribution in [3.05, 3.63) is 38.9 Å². The van der Waals surface area contributed by atoms with Gasteiger partial charge in [0, 0.05) is 0 Å². The molecule has 6 nitrogen and oxygen atoms in total. The van der Waals surface area contributed by atoms with Crippen LogP contribution in [0.4, 0.5) is 0 Å². The van der Waals surface area contributed by atoms with E-state index < -0.39 is 22.5 Å². The lowest BCUT2D eigenvalue weighted by Gasteiger charge is -2.16. The van der Waals surface area contributed by atoms with Gasteiger partial charge in [0.05, 0.1) is 10.9 Å². The van der Waals surface area contributed by atoms with Crippen LogP contribution in [0.5, 0.6) is 5.75 Å². The van der Waals surface area contributed by atoms with Crippen molar-refractivity contribution in [1.29, 1.82) is 0 Å². The van der Waals surface area contributed by atoms with E-state index in [0.717, 1.165) is 0 Å². The first kappa shape index (κ1) is 13.1. The minimum atomic E-state index is -0.785. The number of aromatic nitrogens is 2. The van der Waals surface area contributed by atoms with E-state index in [4.69, 9.17) is 4.74 Å². The zero-order chi connectivity index (χ0) is 14.2. The van der Waals surface area contributed by atoms with Crippen molar-refractivity contribution in [1.82, 2.24) is 9.97 Å². The molecule has 2 N–H and O–H groups in total. The zero-order valence-electron chi connectivity index (χ0n) is 10.9. The number of carbonyl (C=O) groups excluding carboxylic acids is 1. The van der Waals surface area contributed by atoms with Gasteiger partial charge in [-0.3, -0.25) is 14.4 Å². The van der Waals surface area contributed by atoms with E-state index in [2.05, 4.69) is 9.97 Å². The van der Waals surface area contributed by atoms with Gasteiger partial charge in [-0.1, -0.05) is 6.07 Å². The van der Waals surface area contributed by atoms with Crippen molar-refractivity contribution in [3.63, 3.8) is 0 Å². The second-order valence-electron chi connectivity index (χ2n) is 5.23. The monoisotopic (exact) mass is 262 g/mol. The molecular formula is C13H14N2O4. The van der Waals surface area contributed by atoms with Crippen molar-refractivity contribution in [2.45, 2.75) is 20.8 Å². The predicted molar refractivity (Wildman–Crippen MR) is 70.3 cm³/mol. The Kier molecular flexibility index (Phi) is 3.01. The van der Waals surface area contributed by atoms with Crippen LogP contribution in [0.3, 0.4) is 0 Å². The number of H-pyrrole nitrogens is 2. The highest BCUT2D eigenvalue weighted by Crippen LogP contribution is 2.24. The SMILES string of the molecule is CC(C)(C)C(=O)Oc1cccc2[nH]c(=O)c(=O)[nH]c12. The number of aromatic amines is 2. The molecule has 0 bridgehead atoms. The molecule has 0 atom stereocenters. The molecule has 1 aromatic carbocycles. The van der Waals surface area contributed by atoms with Gasteiger partial charge in [-0.15, -0.1) is 0 Å². The highest BCUT2D eigenvalue weighted by atomic mass is 16.5. The molecule has 0 amide bonds. The Balaban J connectivity index is 2.56. The molecule has 19 heavy (non-hydrogen) atoms. The number of esters is 1. The quantitative estimate of drug-likeness (QED) is 0.458. The first-order valence-corrected chi connectivity index (χ1v) is 5.76. The topological polar surface area (TPSA) is 92.0 Å². The maximum atomic E-state index is 11.8.